The SMILES string of the molecule is COc1ccc(S(=O)(=O)CCC(=O)NCCC(C)C)cc1Cl. The number of hydrogen-bond acceptors (Lipinski definition) is 4. The van der Waals surface area contributed by atoms with Crippen LogP contribution < -0.4 is 10.1 Å². The summed E-state index contributed by atoms with van der Waals surface area (Å²) in [6.45, 7) is 4.68. The number of amides is 1. The van der Waals surface area contributed by atoms with Crippen molar-refractivity contribution >= 4 is 27.3 Å². The third kappa shape index (κ3) is 5.85. The number of methoxy groups -OCH3 is 1. The largest absolute Gasteiger partial charge is 0.495 e. The van der Waals surface area contributed by atoms with Crippen LogP contribution in [0.4, 0.5) is 0 Å². The van der Waals surface area contributed by atoms with E-state index in [-0.39, 0.29) is 28.0 Å². The summed E-state index contributed by atoms with van der Waals surface area (Å²) in [6, 6.07) is 4.26. The lowest BCUT2D eigenvalue weighted by molar-refractivity contribution is -0.120. The summed E-state index contributed by atoms with van der Waals surface area (Å²) in [6.07, 6.45) is 0.802. The Morgan fingerprint density at radius 1 is 1.36 bits per heavy atom. The second-order valence-electron chi connectivity index (χ2n) is 5.40. The highest BCUT2D eigenvalue weighted by Crippen LogP contribution is 2.27. The number of carbonyl (C=O) groups is 1. The van der Waals surface area contributed by atoms with Gasteiger partial charge in [0.2, 0.25) is 5.91 Å². The maximum atomic E-state index is 12.2. The molecule has 0 aliphatic carbocycles. The molecule has 0 fully saturated rings. The normalized spacial score (nSPS) is 11.5. The number of sulfone groups is 1. The van der Waals surface area contributed by atoms with Crippen LogP contribution in [0.15, 0.2) is 23.1 Å². The Balaban J connectivity index is 2.60. The molecule has 0 spiro atoms. The summed E-state index contributed by atoms with van der Waals surface area (Å²) in [5.41, 5.74) is 0. The number of ether oxygens (including phenoxy) is 1. The quantitative estimate of drug-likeness (QED) is 0.784. The molecule has 7 heteroatoms. The number of halogens is 1. The summed E-state index contributed by atoms with van der Waals surface area (Å²) in [7, 11) is -2.09. The lowest BCUT2D eigenvalue weighted by Crippen LogP contribution is -2.27. The van der Waals surface area contributed by atoms with Gasteiger partial charge in [0.1, 0.15) is 5.75 Å². The molecule has 1 aromatic rings. The molecule has 0 aliphatic heterocycles. The lowest BCUT2D eigenvalue weighted by atomic mass is 10.1. The Morgan fingerprint density at radius 3 is 2.59 bits per heavy atom. The highest BCUT2D eigenvalue weighted by atomic mass is 35.5. The monoisotopic (exact) mass is 347 g/mol. The fourth-order valence-electron chi connectivity index (χ4n) is 1.77. The van der Waals surface area contributed by atoms with Crippen LogP contribution in [0, 0.1) is 5.92 Å². The first-order valence-electron chi connectivity index (χ1n) is 7.09. The smallest absolute Gasteiger partial charge is 0.221 e. The van der Waals surface area contributed by atoms with Crippen molar-refractivity contribution in [3.8, 4) is 5.75 Å². The average molecular weight is 348 g/mol. The molecule has 1 amide bonds. The minimum absolute atomic E-state index is 0.0654. The van der Waals surface area contributed by atoms with Gasteiger partial charge in [0.05, 0.1) is 22.8 Å². The van der Waals surface area contributed by atoms with Crippen LogP contribution in [0.5, 0.6) is 5.75 Å². The van der Waals surface area contributed by atoms with Gasteiger partial charge in [-0.1, -0.05) is 25.4 Å². The lowest BCUT2D eigenvalue weighted by Gasteiger charge is -2.09. The third-order valence-electron chi connectivity index (χ3n) is 3.12. The Labute approximate surface area is 136 Å². The molecule has 0 unspecified atom stereocenters. The molecule has 0 atom stereocenters. The van der Waals surface area contributed by atoms with E-state index in [0.29, 0.717) is 18.2 Å². The molecule has 124 valence electrons. The average Bonchev–Trinajstić information content (AvgIpc) is 2.44. The Kier molecular flexibility index (Phi) is 7.16. The van der Waals surface area contributed by atoms with Gasteiger partial charge >= 0.3 is 0 Å². The van der Waals surface area contributed by atoms with Crippen molar-refractivity contribution in [1.82, 2.24) is 5.32 Å². The Morgan fingerprint density at radius 2 is 2.05 bits per heavy atom. The topological polar surface area (TPSA) is 72.5 Å². The molecule has 0 bridgehead atoms. The van der Waals surface area contributed by atoms with E-state index in [1.54, 1.807) is 0 Å². The summed E-state index contributed by atoms with van der Waals surface area (Å²) in [5.74, 6) is 0.393. The summed E-state index contributed by atoms with van der Waals surface area (Å²) in [4.78, 5) is 11.7. The van der Waals surface area contributed by atoms with Crippen molar-refractivity contribution in [3.63, 3.8) is 0 Å². The fraction of sp³-hybridized carbons (Fsp3) is 0.533. The zero-order chi connectivity index (χ0) is 16.8. The number of benzene rings is 1. The molecule has 22 heavy (non-hydrogen) atoms. The Hall–Kier alpha value is -1.27. The van der Waals surface area contributed by atoms with Crippen LogP contribution >= 0.6 is 11.6 Å². The molecule has 5 nitrogen and oxygen atoms in total. The minimum atomic E-state index is -3.55. The summed E-state index contributed by atoms with van der Waals surface area (Å²) in [5, 5.41) is 2.95. The van der Waals surface area contributed by atoms with E-state index in [0.717, 1.165) is 6.42 Å². The molecule has 0 heterocycles. The minimum Gasteiger partial charge on any atom is -0.495 e. The van der Waals surface area contributed by atoms with E-state index >= 15 is 0 Å². The van der Waals surface area contributed by atoms with Crippen molar-refractivity contribution < 1.29 is 17.9 Å². The standard InChI is InChI=1S/C15H22ClNO4S/c1-11(2)6-8-17-15(18)7-9-22(19,20)12-4-5-14(21-3)13(16)10-12/h4-5,10-11H,6-9H2,1-3H3,(H,17,18). The van der Waals surface area contributed by atoms with Gasteiger partial charge in [0.15, 0.2) is 9.84 Å². The van der Waals surface area contributed by atoms with Crippen LogP contribution in [0.1, 0.15) is 26.7 Å². The number of carbonyl (C=O) groups excluding carboxylic acids is 1. The van der Waals surface area contributed by atoms with Gasteiger partial charge in [0, 0.05) is 13.0 Å². The van der Waals surface area contributed by atoms with Gasteiger partial charge in [-0.05, 0) is 30.5 Å². The van der Waals surface area contributed by atoms with Crippen molar-refractivity contribution in [2.24, 2.45) is 5.92 Å². The van der Waals surface area contributed by atoms with Gasteiger partial charge in [-0.25, -0.2) is 8.42 Å². The number of nitrogens with one attached hydrogen (secondary N) is 1. The Bertz CT molecular complexity index is 614. The first-order valence-corrected chi connectivity index (χ1v) is 9.12. The van der Waals surface area contributed by atoms with E-state index in [9.17, 15) is 13.2 Å². The van der Waals surface area contributed by atoms with Crippen molar-refractivity contribution in [2.75, 3.05) is 19.4 Å². The van der Waals surface area contributed by atoms with Crippen molar-refractivity contribution in [1.29, 1.82) is 0 Å². The zero-order valence-corrected chi connectivity index (χ0v) is 14.6. The van der Waals surface area contributed by atoms with Gasteiger partial charge < -0.3 is 10.1 Å². The van der Waals surface area contributed by atoms with E-state index in [4.69, 9.17) is 16.3 Å². The van der Waals surface area contributed by atoms with E-state index in [1.165, 1.54) is 25.3 Å². The third-order valence-corrected chi connectivity index (χ3v) is 5.13. The number of rotatable bonds is 8. The van der Waals surface area contributed by atoms with Crippen LogP contribution in [-0.4, -0.2) is 33.7 Å². The molecular formula is C15H22ClNO4S. The van der Waals surface area contributed by atoms with Crippen molar-refractivity contribution in [2.45, 2.75) is 31.6 Å². The van der Waals surface area contributed by atoms with E-state index in [2.05, 4.69) is 19.2 Å². The second kappa shape index (κ2) is 8.39. The molecule has 0 saturated heterocycles. The molecule has 1 aromatic carbocycles. The van der Waals surface area contributed by atoms with Crippen LogP contribution in [0.2, 0.25) is 5.02 Å². The maximum Gasteiger partial charge on any atom is 0.221 e. The number of hydrogen-bond donors (Lipinski definition) is 1. The van der Waals surface area contributed by atoms with Crippen LogP contribution in [-0.2, 0) is 14.6 Å². The highest BCUT2D eigenvalue weighted by Gasteiger charge is 2.18. The molecule has 1 rings (SSSR count). The van der Waals surface area contributed by atoms with E-state index in [1.807, 2.05) is 0 Å². The van der Waals surface area contributed by atoms with Crippen molar-refractivity contribution in [3.05, 3.63) is 23.2 Å². The highest BCUT2D eigenvalue weighted by molar-refractivity contribution is 7.91. The van der Waals surface area contributed by atoms with Gasteiger partial charge in [-0.15, -0.1) is 0 Å². The first-order chi connectivity index (χ1) is 10.3. The second-order valence-corrected chi connectivity index (χ2v) is 7.91. The molecule has 0 aliphatic rings. The molecular weight excluding hydrogens is 326 g/mol. The van der Waals surface area contributed by atoms with Gasteiger partial charge in [0.25, 0.3) is 0 Å². The van der Waals surface area contributed by atoms with Crippen LogP contribution in [0.25, 0.3) is 0 Å². The fourth-order valence-corrected chi connectivity index (χ4v) is 3.36. The summed E-state index contributed by atoms with van der Waals surface area (Å²) < 4.78 is 29.4. The molecule has 0 saturated carbocycles. The zero-order valence-electron chi connectivity index (χ0n) is 13.1. The predicted octanol–water partition coefficient (Wildman–Crippen LogP) is 2.67. The maximum absolute atomic E-state index is 12.2. The van der Waals surface area contributed by atoms with Gasteiger partial charge in [-0.2, -0.15) is 0 Å². The van der Waals surface area contributed by atoms with Gasteiger partial charge in [-0.3, -0.25) is 4.79 Å². The molecule has 1 N–H and O–H groups in total. The summed E-state index contributed by atoms with van der Waals surface area (Å²) >= 11 is 5.93. The van der Waals surface area contributed by atoms with Crippen LogP contribution in [0.3, 0.4) is 0 Å². The first kappa shape index (κ1) is 18.8. The molecule has 0 radical (unpaired) electrons. The molecule has 0 aromatic heterocycles. The van der Waals surface area contributed by atoms with E-state index < -0.39 is 9.84 Å². The predicted molar refractivity (Wildman–Crippen MR) is 87.1 cm³/mol.